The third kappa shape index (κ3) is 6.53. The van der Waals surface area contributed by atoms with Crippen LogP contribution in [0.1, 0.15) is 73.6 Å². The van der Waals surface area contributed by atoms with Crippen molar-refractivity contribution in [2.45, 2.75) is 91.5 Å². The Bertz CT molecular complexity index is 749. The summed E-state index contributed by atoms with van der Waals surface area (Å²) in [6, 6.07) is 0. The summed E-state index contributed by atoms with van der Waals surface area (Å²) in [6.45, 7) is 16.0. The molecule has 0 aromatic carbocycles. The molecule has 0 amide bonds. The summed E-state index contributed by atoms with van der Waals surface area (Å²) in [7, 11) is 0. The fourth-order valence-electron chi connectivity index (χ4n) is 3.79. The predicted molar refractivity (Wildman–Crippen MR) is 116 cm³/mol. The zero-order valence-electron chi connectivity index (χ0n) is 18.8. The first kappa shape index (κ1) is 23.3. The van der Waals surface area contributed by atoms with E-state index in [1.807, 2.05) is 32.9 Å². The molecule has 0 unspecified atom stereocenters. The van der Waals surface area contributed by atoms with Gasteiger partial charge in [0.15, 0.2) is 11.9 Å². The van der Waals surface area contributed by atoms with Crippen LogP contribution in [0.2, 0.25) is 0 Å². The van der Waals surface area contributed by atoms with Crippen LogP contribution >= 0.6 is 0 Å². The van der Waals surface area contributed by atoms with Gasteiger partial charge in [-0.2, -0.15) is 0 Å². The molecular weight excluding hydrogens is 364 g/mol. The van der Waals surface area contributed by atoms with Crippen LogP contribution in [0.4, 0.5) is 0 Å². The average molecular weight is 401 g/mol. The number of rotatable bonds is 5. The Morgan fingerprint density at radius 3 is 2.59 bits per heavy atom. The lowest BCUT2D eigenvalue weighted by Crippen LogP contribution is -2.32. The second-order valence-corrected chi connectivity index (χ2v) is 9.44. The van der Waals surface area contributed by atoms with Gasteiger partial charge in [-0.15, -0.1) is 0 Å². The maximum absolute atomic E-state index is 12.8. The van der Waals surface area contributed by atoms with E-state index < -0.39 is 11.7 Å². The number of carbonyl (C=O) groups is 2. The molecule has 1 aliphatic carbocycles. The number of hydrogen-bond acceptors (Lipinski definition) is 4. The van der Waals surface area contributed by atoms with Crippen molar-refractivity contribution in [3.05, 3.63) is 47.6 Å². The van der Waals surface area contributed by atoms with E-state index in [2.05, 4.69) is 33.4 Å². The van der Waals surface area contributed by atoms with Crippen molar-refractivity contribution in [1.29, 1.82) is 0 Å². The van der Waals surface area contributed by atoms with Gasteiger partial charge in [-0.05, 0) is 77.4 Å². The highest BCUT2D eigenvalue weighted by atomic mass is 16.6. The van der Waals surface area contributed by atoms with Gasteiger partial charge in [-0.1, -0.05) is 36.8 Å². The minimum atomic E-state index is -0.559. The van der Waals surface area contributed by atoms with Gasteiger partial charge in [0.2, 0.25) is 0 Å². The van der Waals surface area contributed by atoms with E-state index in [9.17, 15) is 9.59 Å². The summed E-state index contributed by atoms with van der Waals surface area (Å²) in [6.07, 6.45) is 10.6. The van der Waals surface area contributed by atoms with Crippen molar-refractivity contribution >= 4 is 11.8 Å². The number of allylic oxidation sites excluding steroid dienone is 5. The molecule has 29 heavy (non-hydrogen) atoms. The smallest absolute Gasteiger partial charge is 0.331 e. The molecule has 1 aliphatic heterocycles. The van der Waals surface area contributed by atoms with E-state index in [0.29, 0.717) is 24.8 Å². The lowest BCUT2D eigenvalue weighted by molar-refractivity contribution is -0.143. The van der Waals surface area contributed by atoms with Crippen LogP contribution in [0.25, 0.3) is 0 Å². The van der Waals surface area contributed by atoms with Crippen LogP contribution in [0, 0.1) is 5.41 Å². The van der Waals surface area contributed by atoms with E-state index in [0.717, 1.165) is 18.4 Å². The SMILES string of the molecule is C=C1CC[C@H]2O[C@@]2(C)[C@H](OC(=O)C=C(C)C)C=C[C@@](C)(CCC=C(C)C)CC1=O. The van der Waals surface area contributed by atoms with E-state index in [4.69, 9.17) is 9.47 Å². The molecule has 0 radical (unpaired) electrons. The van der Waals surface area contributed by atoms with Crippen molar-refractivity contribution < 1.29 is 19.1 Å². The third-order valence-corrected chi connectivity index (χ3v) is 5.80. The highest BCUT2D eigenvalue weighted by molar-refractivity contribution is 5.95. The van der Waals surface area contributed by atoms with Crippen LogP contribution < -0.4 is 0 Å². The predicted octanol–water partition coefficient (Wildman–Crippen LogP) is 5.64. The molecule has 2 rings (SSSR count). The topological polar surface area (TPSA) is 55.9 Å². The molecule has 0 bridgehead atoms. The Labute approximate surface area is 175 Å². The Hall–Kier alpha value is -1.94. The molecule has 1 fully saturated rings. The standard InChI is InChI=1S/C25H36O4/c1-17(2)9-8-13-24(6)14-12-21(28-23(27)15-18(3)4)25(7)22(29-25)11-10-19(5)20(26)16-24/h9,12,14-15,21-22H,5,8,10-11,13,16H2,1-4,6-7H3/t21-,22-,24-,25+/m1/s1. The van der Waals surface area contributed by atoms with E-state index in [-0.39, 0.29) is 23.3 Å². The van der Waals surface area contributed by atoms with Gasteiger partial charge in [0.1, 0.15) is 5.60 Å². The van der Waals surface area contributed by atoms with Gasteiger partial charge in [0, 0.05) is 12.5 Å². The fraction of sp³-hybridized carbons (Fsp3) is 0.600. The fourth-order valence-corrected chi connectivity index (χ4v) is 3.79. The lowest BCUT2D eigenvalue weighted by Gasteiger charge is -2.27. The van der Waals surface area contributed by atoms with Gasteiger partial charge in [0.25, 0.3) is 0 Å². The van der Waals surface area contributed by atoms with E-state index in [1.165, 1.54) is 11.6 Å². The highest BCUT2D eigenvalue weighted by Crippen LogP contribution is 2.46. The number of ether oxygens (including phenoxy) is 2. The minimum absolute atomic E-state index is 0.0452. The van der Waals surface area contributed by atoms with E-state index >= 15 is 0 Å². The van der Waals surface area contributed by atoms with Gasteiger partial charge in [-0.25, -0.2) is 4.79 Å². The van der Waals surface area contributed by atoms with Gasteiger partial charge in [0.05, 0.1) is 6.10 Å². The second kappa shape index (κ2) is 9.25. The summed E-state index contributed by atoms with van der Waals surface area (Å²) in [5, 5.41) is 0. The molecular formula is C25H36O4. The van der Waals surface area contributed by atoms with Gasteiger partial charge >= 0.3 is 5.97 Å². The van der Waals surface area contributed by atoms with Crippen LogP contribution in [0.5, 0.6) is 0 Å². The molecule has 4 heteroatoms. The minimum Gasteiger partial charge on any atom is -0.452 e. The summed E-state index contributed by atoms with van der Waals surface area (Å²) in [5.41, 5.74) is 1.92. The van der Waals surface area contributed by atoms with Crippen molar-refractivity contribution in [3.8, 4) is 0 Å². The number of hydrogen-bond donors (Lipinski definition) is 0. The van der Waals surface area contributed by atoms with Gasteiger partial charge in [-0.3, -0.25) is 4.79 Å². The lowest BCUT2D eigenvalue weighted by atomic mass is 9.78. The zero-order chi connectivity index (χ0) is 21.8. The number of epoxide rings is 1. The Morgan fingerprint density at radius 2 is 1.97 bits per heavy atom. The molecule has 0 spiro atoms. The van der Waals surface area contributed by atoms with Crippen molar-refractivity contribution in [2.24, 2.45) is 5.41 Å². The number of fused-ring (bicyclic) bond motifs is 1. The van der Waals surface area contributed by atoms with Crippen molar-refractivity contribution in [3.63, 3.8) is 0 Å². The first-order chi connectivity index (χ1) is 13.4. The summed E-state index contributed by atoms with van der Waals surface area (Å²) >= 11 is 0. The van der Waals surface area contributed by atoms with Gasteiger partial charge < -0.3 is 9.47 Å². The zero-order valence-corrected chi connectivity index (χ0v) is 18.8. The molecule has 0 N–H and O–H groups in total. The molecule has 160 valence electrons. The first-order valence-electron chi connectivity index (χ1n) is 10.5. The number of ketones is 1. The molecule has 4 atom stereocenters. The second-order valence-electron chi connectivity index (χ2n) is 9.44. The molecule has 1 saturated heterocycles. The normalized spacial score (nSPS) is 31.9. The summed E-state index contributed by atoms with van der Waals surface area (Å²) in [5.74, 6) is -0.256. The Kier molecular flexibility index (Phi) is 7.45. The largest absolute Gasteiger partial charge is 0.452 e. The van der Waals surface area contributed by atoms with Crippen molar-refractivity contribution in [1.82, 2.24) is 0 Å². The number of Topliss-reactive ketones (excluding diaryl/α,β-unsaturated/α-hetero) is 1. The van der Waals surface area contributed by atoms with Crippen molar-refractivity contribution in [2.75, 3.05) is 0 Å². The summed E-state index contributed by atoms with van der Waals surface area (Å²) in [4.78, 5) is 25.1. The highest BCUT2D eigenvalue weighted by Gasteiger charge is 2.58. The average Bonchev–Trinajstić information content (AvgIpc) is 3.26. The maximum Gasteiger partial charge on any atom is 0.331 e. The van der Waals surface area contributed by atoms with Crippen LogP contribution in [0.15, 0.2) is 47.6 Å². The molecule has 2 aliphatic rings. The van der Waals surface area contributed by atoms with Crippen LogP contribution in [-0.4, -0.2) is 29.6 Å². The van der Waals surface area contributed by atoms with E-state index in [1.54, 1.807) is 0 Å². The Balaban J connectivity index is 2.32. The molecule has 0 saturated carbocycles. The molecule has 1 heterocycles. The molecule has 4 nitrogen and oxygen atoms in total. The summed E-state index contributed by atoms with van der Waals surface area (Å²) < 4.78 is 11.7. The van der Waals surface area contributed by atoms with Crippen LogP contribution in [0.3, 0.4) is 0 Å². The number of carbonyl (C=O) groups excluding carboxylic acids is 2. The quantitative estimate of drug-likeness (QED) is 0.259. The molecule has 0 aromatic rings. The first-order valence-corrected chi connectivity index (χ1v) is 10.5. The third-order valence-electron chi connectivity index (χ3n) is 5.80. The number of esters is 1. The monoisotopic (exact) mass is 400 g/mol. The maximum atomic E-state index is 12.8. The molecule has 0 aromatic heterocycles. The van der Waals surface area contributed by atoms with Crippen LogP contribution in [-0.2, 0) is 19.1 Å². The Morgan fingerprint density at radius 1 is 1.28 bits per heavy atom.